The molecule has 0 aliphatic heterocycles. The van der Waals surface area contributed by atoms with E-state index in [9.17, 15) is 4.79 Å². The van der Waals surface area contributed by atoms with Gasteiger partial charge >= 0.3 is 5.97 Å². The van der Waals surface area contributed by atoms with Crippen molar-refractivity contribution in [1.29, 1.82) is 0 Å². The lowest BCUT2D eigenvalue weighted by Gasteiger charge is -2.13. The van der Waals surface area contributed by atoms with Crippen LogP contribution in [0.2, 0.25) is 0 Å². The number of aryl methyl sites for hydroxylation is 1. The number of anilines is 1. The summed E-state index contributed by atoms with van der Waals surface area (Å²) in [6, 6.07) is 14.1. The van der Waals surface area contributed by atoms with Crippen molar-refractivity contribution in [2.45, 2.75) is 30.6 Å². The van der Waals surface area contributed by atoms with E-state index in [1.807, 2.05) is 31.3 Å². The number of hydrogen-bond donors (Lipinski definition) is 1. The van der Waals surface area contributed by atoms with Gasteiger partial charge < -0.3 is 9.46 Å². The third kappa shape index (κ3) is 3.27. The fourth-order valence-corrected chi connectivity index (χ4v) is 3.95. The first-order valence-electron chi connectivity index (χ1n) is 8.67. The third-order valence-electron chi connectivity index (χ3n) is 4.69. The van der Waals surface area contributed by atoms with Crippen molar-refractivity contribution in [3.63, 3.8) is 0 Å². The van der Waals surface area contributed by atoms with Crippen molar-refractivity contribution >= 4 is 34.5 Å². The number of rotatable bonds is 5. The van der Waals surface area contributed by atoms with Crippen LogP contribution in [-0.4, -0.2) is 18.1 Å². The first-order valence-corrected chi connectivity index (χ1v) is 9.48. The molecule has 1 aromatic heterocycles. The number of nitrogens with zero attached hydrogens (tertiary/aromatic N) is 1. The van der Waals surface area contributed by atoms with Crippen LogP contribution in [-0.2, 0) is 4.74 Å². The topological polar surface area (TPSA) is 51.2 Å². The summed E-state index contributed by atoms with van der Waals surface area (Å²) >= 11 is 1.52. The SMILES string of the molecule is COC(=O)c1ccc(SNc2ncc3ccccc3c2C2CC2)cc1C. The van der Waals surface area contributed by atoms with Crippen molar-refractivity contribution in [3.05, 3.63) is 65.4 Å². The van der Waals surface area contributed by atoms with Gasteiger partial charge in [0, 0.05) is 22.0 Å². The lowest BCUT2D eigenvalue weighted by Crippen LogP contribution is -2.03. The van der Waals surface area contributed by atoms with E-state index in [4.69, 9.17) is 4.74 Å². The summed E-state index contributed by atoms with van der Waals surface area (Å²) in [5.41, 5.74) is 2.82. The molecule has 26 heavy (non-hydrogen) atoms. The predicted molar refractivity (Wildman–Crippen MR) is 106 cm³/mol. The van der Waals surface area contributed by atoms with Crippen molar-refractivity contribution in [2.75, 3.05) is 11.8 Å². The highest BCUT2D eigenvalue weighted by Crippen LogP contribution is 2.46. The lowest BCUT2D eigenvalue weighted by molar-refractivity contribution is 0.0600. The normalized spacial score (nSPS) is 13.6. The first kappa shape index (κ1) is 16.9. The van der Waals surface area contributed by atoms with Crippen molar-refractivity contribution < 1.29 is 9.53 Å². The Labute approximate surface area is 157 Å². The molecule has 5 heteroatoms. The average Bonchev–Trinajstić information content (AvgIpc) is 3.50. The van der Waals surface area contributed by atoms with Gasteiger partial charge in [-0.15, -0.1) is 0 Å². The molecular weight excluding hydrogens is 344 g/mol. The standard InChI is InChI=1S/C21H20N2O2S/c1-13-11-16(9-10-17(13)21(24)25-2)26-23-20-19(14-7-8-14)18-6-4-3-5-15(18)12-22-20/h3-6,9-12,14H,7-8H2,1-2H3,(H,22,23). The van der Waals surface area contributed by atoms with Gasteiger partial charge in [0.15, 0.2) is 0 Å². The number of carbonyl (C=O) groups excluding carboxylic acids is 1. The fraction of sp³-hybridized carbons (Fsp3) is 0.238. The Morgan fingerprint density at radius 3 is 2.77 bits per heavy atom. The molecular formula is C21H20N2O2S. The Balaban J connectivity index is 1.59. The quantitative estimate of drug-likeness (QED) is 0.490. The molecule has 0 amide bonds. The molecule has 4 rings (SSSR count). The van der Waals surface area contributed by atoms with Crippen LogP contribution in [0.15, 0.2) is 53.6 Å². The monoisotopic (exact) mass is 364 g/mol. The van der Waals surface area contributed by atoms with Gasteiger partial charge in [0.1, 0.15) is 5.82 Å². The number of methoxy groups -OCH3 is 1. The number of carbonyl (C=O) groups is 1. The molecule has 1 aliphatic rings. The number of pyridine rings is 1. The largest absolute Gasteiger partial charge is 0.465 e. The van der Waals surface area contributed by atoms with Crippen molar-refractivity contribution in [2.24, 2.45) is 0 Å². The van der Waals surface area contributed by atoms with E-state index in [0.717, 1.165) is 16.3 Å². The van der Waals surface area contributed by atoms with Crippen LogP contribution in [0, 0.1) is 6.92 Å². The minimum atomic E-state index is -0.306. The number of hydrogen-bond acceptors (Lipinski definition) is 5. The van der Waals surface area contributed by atoms with Crippen LogP contribution in [0.4, 0.5) is 5.82 Å². The molecule has 1 aliphatic carbocycles. The molecule has 1 heterocycles. The van der Waals surface area contributed by atoms with E-state index in [0.29, 0.717) is 11.5 Å². The summed E-state index contributed by atoms with van der Waals surface area (Å²) in [6.45, 7) is 1.92. The second kappa shape index (κ2) is 7.00. The molecule has 1 fully saturated rings. The Morgan fingerprint density at radius 2 is 2.04 bits per heavy atom. The Bertz CT molecular complexity index is 983. The van der Waals surface area contributed by atoms with Crippen LogP contribution in [0.3, 0.4) is 0 Å². The zero-order chi connectivity index (χ0) is 18.1. The maximum Gasteiger partial charge on any atom is 0.338 e. The van der Waals surface area contributed by atoms with Gasteiger partial charge in [0.05, 0.1) is 12.7 Å². The lowest BCUT2D eigenvalue weighted by atomic mass is 10.0. The predicted octanol–water partition coefficient (Wildman–Crippen LogP) is 5.33. The molecule has 0 atom stereocenters. The Morgan fingerprint density at radius 1 is 1.23 bits per heavy atom. The number of aromatic nitrogens is 1. The van der Waals surface area contributed by atoms with Crippen LogP contribution in [0.1, 0.15) is 40.2 Å². The highest BCUT2D eigenvalue weighted by Gasteiger charge is 2.28. The van der Waals surface area contributed by atoms with Gasteiger partial charge in [0.25, 0.3) is 0 Å². The van der Waals surface area contributed by atoms with Crippen LogP contribution < -0.4 is 4.72 Å². The molecule has 4 nitrogen and oxygen atoms in total. The Kier molecular flexibility index (Phi) is 4.55. The van der Waals surface area contributed by atoms with Gasteiger partial charge in [-0.2, -0.15) is 0 Å². The molecule has 0 spiro atoms. The zero-order valence-corrected chi connectivity index (χ0v) is 15.6. The van der Waals surface area contributed by atoms with E-state index in [-0.39, 0.29) is 5.97 Å². The average molecular weight is 364 g/mol. The van der Waals surface area contributed by atoms with Crippen LogP contribution in [0.25, 0.3) is 10.8 Å². The fourth-order valence-electron chi connectivity index (χ4n) is 3.20. The summed E-state index contributed by atoms with van der Waals surface area (Å²) in [4.78, 5) is 17.4. The molecule has 1 saturated carbocycles. The minimum Gasteiger partial charge on any atom is -0.465 e. The molecule has 1 N–H and O–H groups in total. The van der Waals surface area contributed by atoms with Gasteiger partial charge in [-0.3, -0.25) is 0 Å². The number of nitrogens with one attached hydrogen (secondary N) is 1. The van der Waals surface area contributed by atoms with Crippen molar-refractivity contribution in [3.8, 4) is 0 Å². The summed E-state index contributed by atoms with van der Waals surface area (Å²) < 4.78 is 8.23. The second-order valence-electron chi connectivity index (χ2n) is 6.55. The van der Waals surface area contributed by atoms with Gasteiger partial charge in [-0.05, 0) is 66.8 Å². The van der Waals surface area contributed by atoms with E-state index >= 15 is 0 Å². The second-order valence-corrected chi connectivity index (χ2v) is 7.43. The summed E-state index contributed by atoms with van der Waals surface area (Å²) in [7, 11) is 1.40. The Hall–Kier alpha value is -2.53. The van der Waals surface area contributed by atoms with Gasteiger partial charge in [0.2, 0.25) is 0 Å². The van der Waals surface area contributed by atoms with Crippen LogP contribution >= 0.6 is 11.9 Å². The highest BCUT2D eigenvalue weighted by molar-refractivity contribution is 8.00. The van der Waals surface area contributed by atoms with Crippen LogP contribution in [0.5, 0.6) is 0 Å². The molecule has 0 radical (unpaired) electrons. The van der Waals surface area contributed by atoms with Gasteiger partial charge in [-0.25, -0.2) is 9.78 Å². The number of ether oxygens (including phenoxy) is 1. The number of fused-ring (bicyclic) bond motifs is 1. The zero-order valence-electron chi connectivity index (χ0n) is 14.8. The molecule has 2 aromatic carbocycles. The molecule has 3 aromatic rings. The third-order valence-corrected chi connectivity index (χ3v) is 5.48. The highest BCUT2D eigenvalue weighted by atomic mass is 32.2. The van der Waals surface area contributed by atoms with E-state index in [1.54, 1.807) is 6.07 Å². The van der Waals surface area contributed by atoms with E-state index < -0.39 is 0 Å². The summed E-state index contributed by atoms with van der Waals surface area (Å²) in [5, 5.41) is 2.47. The summed E-state index contributed by atoms with van der Waals surface area (Å²) in [6.07, 6.45) is 4.37. The molecule has 0 unspecified atom stereocenters. The summed E-state index contributed by atoms with van der Waals surface area (Å²) in [5.74, 6) is 1.23. The molecule has 0 saturated heterocycles. The minimum absolute atomic E-state index is 0.306. The smallest absolute Gasteiger partial charge is 0.338 e. The number of esters is 1. The molecule has 132 valence electrons. The van der Waals surface area contributed by atoms with Crippen molar-refractivity contribution in [1.82, 2.24) is 4.98 Å². The maximum absolute atomic E-state index is 11.7. The maximum atomic E-state index is 11.7. The number of benzene rings is 2. The molecule has 0 bridgehead atoms. The van der Waals surface area contributed by atoms with E-state index in [2.05, 4.69) is 27.9 Å². The first-order chi connectivity index (χ1) is 12.7. The van der Waals surface area contributed by atoms with Gasteiger partial charge in [-0.1, -0.05) is 24.3 Å². The van der Waals surface area contributed by atoms with E-state index in [1.165, 1.54) is 48.2 Å².